The maximum atomic E-state index is 13.7. The number of rotatable bonds is 7. The zero-order valence-corrected chi connectivity index (χ0v) is 18.5. The van der Waals surface area contributed by atoms with Gasteiger partial charge in [-0.25, -0.2) is 17.2 Å². The van der Waals surface area contributed by atoms with E-state index in [1.165, 1.54) is 31.3 Å². The van der Waals surface area contributed by atoms with E-state index in [1.54, 1.807) is 24.3 Å². The molecule has 0 heterocycles. The summed E-state index contributed by atoms with van der Waals surface area (Å²) in [4.78, 5) is 24.9. The summed E-state index contributed by atoms with van der Waals surface area (Å²) in [7, 11) is -2.67. The molecule has 10 heteroatoms. The van der Waals surface area contributed by atoms with E-state index in [-0.39, 0.29) is 16.0 Å². The summed E-state index contributed by atoms with van der Waals surface area (Å²) in [5.41, 5.74) is 1.29. The van der Waals surface area contributed by atoms with Crippen LogP contribution in [0.4, 0.5) is 14.5 Å². The van der Waals surface area contributed by atoms with Gasteiger partial charge in [0.1, 0.15) is 6.04 Å². The van der Waals surface area contributed by atoms with Crippen LogP contribution >= 0.6 is 0 Å². The van der Waals surface area contributed by atoms with E-state index in [0.717, 1.165) is 23.8 Å². The zero-order chi connectivity index (χ0) is 24.2. The van der Waals surface area contributed by atoms with Crippen LogP contribution < -0.4 is 15.4 Å². The van der Waals surface area contributed by atoms with Gasteiger partial charge in [-0.2, -0.15) is 0 Å². The van der Waals surface area contributed by atoms with Crippen molar-refractivity contribution in [1.29, 1.82) is 0 Å². The summed E-state index contributed by atoms with van der Waals surface area (Å²) < 4.78 is 54.9. The molecule has 0 bridgehead atoms. The Kier molecular flexibility index (Phi) is 7.07. The van der Waals surface area contributed by atoms with Crippen LogP contribution in [-0.4, -0.2) is 27.3 Å². The lowest BCUT2D eigenvalue weighted by atomic mass is 10.0. The number of nitrogens with one attached hydrogen (secondary N) is 3. The molecule has 1 atom stereocenters. The fourth-order valence-electron chi connectivity index (χ4n) is 2.99. The van der Waals surface area contributed by atoms with Crippen molar-refractivity contribution in [3.63, 3.8) is 0 Å². The van der Waals surface area contributed by atoms with Gasteiger partial charge in [0.05, 0.1) is 4.90 Å². The van der Waals surface area contributed by atoms with Crippen molar-refractivity contribution in [3.8, 4) is 0 Å². The first-order valence-corrected chi connectivity index (χ1v) is 11.3. The highest BCUT2D eigenvalue weighted by atomic mass is 32.2. The Hall–Kier alpha value is -3.79. The average molecular weight is 474 g/mol. The number of benzene rings is 3. The number of carbonyl (C=O) groups is 2. The lowest BCUT2D eigenvalue weighted by molar-refractivity contribution is -0.122. The molecule has 0 saturated carbocycles. The summed E-state index contributed by atoms with van der Waals surface area (Å²) in [6, 6.07) is 13.4. The van der Waals surface area contributed by atoms with Gasteiger partial charge in [0.2, 0.25) is 5.91 Å². The summed E-state index contributed by atoms with van der Waals surface area (Å²) in [5.74, 6) is -3.72. The Bertz CT molecular complexity index is 1300. The van der Waals surface area contributed by atoms with Crippen molar-refractivity contribution in [2.75, 3.05) is 11.8 Å². The van der Waals surface area contributed by atoms with Crippen LogP contribution in [0.5, 0.6) is 0 Å². The molecule has 0 radical (unpaired) electrons. The first kappa shape index (κ1) is 23.9. The van der Waals surface area contributed by atoms with Gasteiger partial charge in [-0.1, -0.05) is 29.8 Å². The summed E-state index contributed by atoms with van der Waals surface area (Å²) >= 11 is 0. The highest BCUT2D eigenvalue weighted by Crippen LogP contribution is 2.20. The van der Waals surface area contributed by atoms with E-state index >= 15 is 0 Å². The van der Waals surface area contributed by atoms with Gasteiger partial charge in [-0.05, 0) is 55.0 Å². The fraction of sp³-hybridized carbons (Fsp3) is 0.130. The topological polar surface area (TPSA) is 104 Å². The second-order valence-electron chi connectivity index (χ2n) is 7.19. The van der Waals surface area contributed by atoms with Gasteiger partial charge in [0.25, 0.3) is 15.9 Å². The molecule has 0 aromatic heterocycles. The average Bonchev–Trinajstić information content (AvgIpc) is 2.80. The lowest BCUT2D eigenvalue weighted by Crippen LogP contribution is -2.39. The van der Waals surface area contributed by atoms with E-state index in [1.807, 2.05) is 6.92 Å². The molecule has 0 aliphatic carbocycles. The molecule has 0 spiro atoms. The number of halogens is 2. The maximum absolute atomic E-state index is 13.7. The molecular weight excluding hydrogens is 452 g/mol. The van der Waals surface area contributed by atoms with Gasteiger partial charge in [-0.3, -0.25) is 14.3 Å². The zero-order valence-electron chi connectivity index (χ0n) is 17.7. The second-order valence-corrected chi connectivity index (χ2v) is 8.88. The second kappa shape index (κ2) is 9.78. The van der Waals surface area contributed by atoms with E-state index < -0.39 is 39.5 Å². The van der Waals surface area contributed by atoms with Crippen molar-refractivity contribution in [2.24, 2.45) is 0 Å². The molecule has 33 heavy (non-hydrogen) atoms. The number of likely N-dealkylation sites (N-methyl/N-ethyl adjacent to an activating group) is 1. The fourth-order valence-corrected chi connectivity index (χ4v) is 4.10. The van der Waals surface area contributed by atoms with Crippen LogP contribution in [0.15, 0.2) is 71.6 Å². The standard InChI is InChI=1S/C23H21F2N3O4S/c1-14-6-9-17(10-7-14)28-33(31,32)18-5-3-4-16(12-18)22(29)27-21(23(30)26-2)15-8-11-19(24)20(25)13-15/h3-13,21,28H,1-2H3,(H,26,30)(H,27,29). The highest BCUT2D eigenvalue weighted by Gasteiger charge is 2.24. The third-order valence-electron chi connectivity index (χ3n) is 4.77. The van der Waals surface area contributed by atoms with Crippen LogP contribution in [0.2, 0.25) is 0 Å². The monoisotopic (exact) mass is 473 g/mol. The lowest BCUT2D eigenvalue weighted by Gasteiger charge is -2.18. The molecule has 3 N–H and O–H groups in total. The quantitative estimate of drug-likeness (QED) is 0.490. The molecule has 2 amide bonds. The molecule has 3 rings (SSSR count). The Balaban J connectivity index is 1.85. The normalized spacial score (nSPS) is 12.0. The number of anilines is 1. The molecule has 3 aromatic carbocycles. The molecule has 1 unspecified atom stereocenters. The van der Waals surface area contributed by atoms with E-state index in [9.17, 15) is 26.8 Å². The molecule has 0 aliphatic heterocycles. The highest BCUT2D eigenvalue weighted by molar-refractivity contribution is 7.92. The number of amides is 2. The SMILES string of the molecule is CNC(=O)C(NC(=O)c1cccc(S(=O)(=O)Nc2ccc(C)cc2)c1)c1ccc(F)c(F)c1. The number of aryl methyl sites for hydroxylation is 1. The van der Waals surface area contributed by atoms with Crippen molar-refractivity contribution < 1.29 is 26.8 Å². The molecule has 0 fully saturated rings. The van der Waals surface area contributed by atoms with Gasteiger partial charge in [-0.15, -0.1) is 0 Å². The van der Waals surface area contributed by atoms with E-state index in [4.69, 9.17) is 0 Å². The molecule has 0 saturated heterocycles. The Morgan fingerprint density at radius 1 is 0.909 bits per heavy atom. The molecular formula is C23H21F2N3O4S. The third kappa shape index (κ3) is 5.72. The van der Waals surface area contributed by atoms with E-state index in [2.05, 4.69) is 15.4 Å². The maximum Gasteiger partial charge on any atom is 0.261 e. The molecule has 172 valence electrons. The van der Waals surface area contributed by atoms with Crippen LogP contribution in [-0.2, 0) is 14.8 Å². The Morgan fingerprint density at radius 2 is 1.61 bits per heavy atom. The third-order valence-corrected chi connectivity index (χ3v) is 6.15. The minimum Gasteiger partial charge on any atom is -0.357 e. The summed E-state index contributed by atoms with van der Waals surface area (Å²) in [6.45, 7) is 1.87. The van der Waals surface area contributed by atoms with Crippen molar-refractivity contribution >= 4 is 27.5 Å². The van der Waals surface area contributed by atoms with Crippen molar-refractivity contribution in [2.45, 2.75) is 17.9 Å². The summed E-state index contributed by atoms with van der Waals surface area (Å²) in [5, 5.41) is 4.77. The van der Waals surface area contributed by atoms with E-state index in [0.29, 0.717) is 5.69 Å². The number of hydrogen-bond donors (Lipinski definition) is 3. The van der Waals surface area contributed by atoms with Crippen LogP contribution in [0.25, 0.3) is 0 Å². The molecule has 7 nitrogen and oxygen atoms in total. The minimum absolute atomic E-state index is 0.0198. The smallest absolute Gasteiger partial charge is 0.261 e. The van der Waals surface area contributed by atoms with Crippen LogP contribution in [0, 0.1) is 18.6 Å². The Labute approximate surface area is 189 Å². The van der Waals surface area contributed by atoms with Gasteiger partial charge < -0.3 is 10.6 Å². The van der Waals surface area contributed by atoms with Gasteiger partial charge in [0, 0.05) is 18.3 Å². The largest absolute Gasteiger partial charge is 0.357 e. The number of sulfonamides is 1. The predicted molar refractivity (Wildman–Crippen MR) is 119 cm³/mol. The first-order chi connectivity index (χ1) is 15.6. The van der Waals surface area contributed by atoms with Crippen LogP contribution in [0.3, 0.4) is 0 Å². The predicted octanol–water partition coefficient (Wildman–Crippen LogP) is 3.29. The van der Waals surface area contributed by atoms with Crippen LogP contribution in [0.1, 0.15) is 27.5 Å². The number of carbonyl (C=O) groups excluding carboxylic acids is 2. The van der Waals surface area contributed by atoms with Crippen molar-refractivity contribution in [1.82, 2.24) is 10.6 Å². The molecule has 3 aromatic rings. The molecule has 0 aliphatic rings. The number of hydrogen-bond acceptors (Lipinski definition) is 4. The summed E-state index contributed by atoms with van der Waals surface area (Å²) in [6.07, 6.45) is 0. The minimum atomic E-state index is -3.99. The van der Waals surface area contributed by atoms with Gasteiger partial charge >= 0.3 is 0 Å². The Morgan fingerprint density at radius 3 is 2.24 bits per heavy atom. The van der Waals surface area contributed by atoms with Crippen molar-refractivity contribution in [3.05, 3.63) is 95.1 Å². The van der Waals surface area contributed by atoms with Gasteiger partial charge in [0.15, 0.2) is 11.6 Å². The first-order valence-electron chi connectivity index (χ1n) is 9.77.